The number of hydrogen-bond donors (Lipinski definition) is 1. The quantitative estimate of drug-likeness (QED) is 0.656. The fourth-order valence-corrected chi connectivity index (χ4v) is 2.65. The van der Waals surface area contributed by atoms with Gasteiger partial charge in [-0.05, 0) is 18.6 Å². The molecule has 0 bridgehead atoms. The van der Waals surface area contributed by atoms with E-state index in [9.17, 15) is 18.4 Å². The Balaban J connectivity index is 2.13. The molecule has 0 spiro atoms. The van der Waals surface area contributed by atoms with Crippen LogP contribution in [0.5, 0.6) is 0 Å². The van der Waals surface area contributed by atoms with Crippen LogP contribution < -0.4 is 5.69 Å². The zero-order valence-electron chi connectivity index (χ0n) is 11.2. The maximum atomic E-state index is 13.5. The maximum Gasteiger partial charge on any atom is 0.343 e. The number of thioether (sulfide) groups is 1. The summed E-state index contributed by atoms with van der Waals surface area (Å²) in [6.07, 6.45) is 0.725. The average Bonchev–Trinajstić information content (AvgIpc) is 2.78. The minimum atomic E-state index is -0.895. The van der Waals surface area contributed by atoms with E-state index in [0.717, 1.165) is 30.3 Å². The molecule has 0 saturated heterocycles. The van der Waals surface area contributed by atoms with Gasteiger partial charge in [0.15, 0.2) is 10.9 Å². The molecule has 5 nitrogen and oxygen atoms in total. The Hall–Kier alpha value is -1.96. The first-order valence-corrected chi connectivity index (χ1v) is 7.28. The molecule has 0 radical (unpaired) electrons. The van der Waals surface area contributed by atoms with Gasteiger partial charge >= 0.3 is 5.69 Å². The third-order valence-corrected chi connectivity index (χ3v) is 3.72. The molecular weight excluding hydrogens is 300 g/mol. The lowest BCUT2D eigenvalue weighted by Gasteiger charge is -2.05. The molecule has 0 unspecified atom stereocenters. The first-order valence-electron chi connectivity index (χ1n) is 6.29. The molecule has 1 heterocycles. The van der Waals surface area contributed by atoms with Crippen LogP contribution in [0.15, 0.2) is 28.2 Å². The molecule has 0 fully saturated rings. The van der Waals surface area contributed by atoms with Crippen molar-refractivity contribution >= 4 is 17.5 Å². The Labute approximate surface area is 123 Å². The SMILES string of the molecule is CCCn1c(SCC(=O)c2c(F)cccc2F)n[nH]c1=O. The summed E-state index contributed by atoms with van der Waals surface area (Å²) < 4.78 is 28.4. The van der Waals surface area contributed by atoms with Gasteiger partial charge in [-0.25, -0.2) is 18.7 Å². The summed E-state index contributed by atoms with van der Waals surface area (Å²) >= 11 is 0.966. The number of nitrogens with one attached hydrogen (secondary N) is 1. The van der Waals surface area contributed by atoms with Crippen molar-refractivity contribution in [3.8, 4) is 0 Å². The second-order valence-electron chi connectivity index (χ2n) is 4.27. The highest BCUT2D eigenvalue weighted by Gasteiger charge is 2.18. The number of rotatable bonds is 6. The van der Waals surface area contributed by atoms with E-state index < -0.39 is 23.0 Å². The van der Waals surface area contributed by atoms with Crippen molar-refractivity contribution in [1.29, 1.82) is 0 Å². The summed E-state index contributed by atoms with van der Waals surface area (Å²) in [5.41, 5.74) is -0.936. The molecule has 1 aromatic heterocycles. The van der Waals surface area contributed by atoms with Crippen LogP contribution in [-0.2, 0) is 6.54 Å². The van der Waals surface area contributed by atoms with Crippen molar-refractivity contribution in [3.63, 3.8) is 0 Å². The molecule has 2 rings (SSSR count). The van der Waals surface area contributed by atoms with Gasteiger partial charge in [0, 0.05) is 6.54 Å². The minimum absolute atomic E-state index is 0.203. The van der Waals surface area contributed by atoms with Crippen molar-refractivity contribution in [2.24, 2.45) is 0 Å². The van der Waals surface area contributed by atoms with E-state index in [1.54, 1.807) is 0 Å². The van der Waals surface area contributed by atoms with E-state index >= 15 is 0 Å². The molecule has 0 saturated carbocycles. The second-order valence-corrected chi connectivity index (χ2v) is 5.21. The summed E-state index contributed by atoms with van der Waals surface area (Å²) in [5, 5.41) is 6.40. The molecule has 0 aliphatic heterocycles. The van der Waals surface area contributed by atoms with Crippen molar-refractivity contribution in [1.82, 2.24) is 14.8 Å². The van der Waals surface area contributed by atoms with Crippen LogP contribution in [0, 0.1) is 11.6 Å². The Bertz CT molecular complexity index is 691. The van der Waals surface area contributed by atoms with Gasteiger partial charge in [0.2, 0.25) is 0 Å². The van der Waals surface area contributed by atoms with Crippen LogP contribution in [0.25, 0.3) is 0 Å². The van der Waals surface area contributed by atoms with Gasteiger partial charge in [0.25, 0.3) is 0 Å². The number of benzene rings is 1. The number of carbonyl (C=O) groups is 1. The molecule has 0 aliphatic rings. The topological polar surface area (TPSA) is 67.8 Å². The van der Waals surface area contributed by atoms with Crippen LogP contribution in [0.4, 0.5) is 8.78 Å². The van der Waals surface area contributed by atoms with Crippen LogP contribution in [0.1, 0.15) is 23.7 Å². The van der Waals surface area contributed by atoms with Crippen molar-refractivity contribution < 1.29 is 13.6 Å². The van der Waals surface area contributed by atoms with Gasteiger partial charge in [0.1, 0.15) is 11.6 Å². The number of aromatic amines is 1. The van der Waals surface area contributed by atoms with Gasteiger partial charge < -0.3 is 0 Å². The minimum Gasteiger partial charge on any atom is -0.293 e. The number of halogens is 2. The normalized spacial score (nSPS) is 10.8. The molecular formula is C13H13F2N3O2S. The highest BCUT2D eigenvalue weighted by atomic mass is 32.2. The molecule has 21 heavy (non-hydrogen) atoms. The van der Waals surface area contributed by atoms with Gasteiger partial charge in [-0.1, -0.05) is 24.8 Å². The predicted octanol–water partition coefficient (Wildman–Crippen LogP) is 2.23. The first-order chi connectivity index (χ1) is 10.0. The largest absolute Gasteiger partial charge is 0.343 e. The fraction of sp³-hybridized carbons (Fsp3) is 0.308. The third kappa shape index (κ3) is 3.38. The van der Waals surface area contributed by atoms with E-state index in [1.165, 1.54) is 10.6 Å². The number of carbonyl (C=O) groups excluding carboxylic acids is 1. The van der Waals surface area contributed by atoms with Crippen molar-refractivity contribution in [2.45, 2.75) is 25.0 Å². The van der Waals surface area contributed by atoms with E-state index in [2.05, 4.69) is 10.2 Å². The molecule has 1 aromatic carbocycles. The Morgan fingerprint density at radius 2 is 2.05 bits per heavy atom. The van der Waals surface area contributed by atoms with Crippen LogP contribution in [0.2, 0.25) is 0 Å². The van der Waals surface area contributed by atoms with Crippen molar-refractivity contribution in [3.05, 3.63) is 45.9 Å². The van der Waals surface area contributed by atoms with Crippen LogP contribution in [0.3, 0.4) is 0 Å². The standard InChI is InChI=1S/C13H13F2N3O2S/c1-2-6-18-12(20)16-17-13(18)21-7-10(19)11-8(14)4-3-5-9(11)15/h3-5H,2,6-7H2,1H3,(H,16,20). The Morgan fingerprint density at radius 1 is 1.38 bits per heavy atom. The van der Waals surface area contributed by atoms with Gasteiger partial charge in [0.05, 0.1) is 11.3 Å². The highest BCUT2D eigenvalue weighted by molar-refractivity contribution is 7.99. The summed E-state index contributed by atoms with van der Waals surface area (Å²) in [4.78, 5) is 23.4. The zero-order chi connectivity index (χ0) is 15.4. The molecule has 1 N–H and O–H groups in total. The average molecular weight is 313 g/mol. The monoisotopic (exact) mass is 313 g/mol. The van der Waals surface area contributed by atoms with Gasteiger partial charge in [-0.15, -0.1) is 5.10 Å². The summed E-state index contributed by atoms with van der Waals surface area (Å²) in [6, 6.07) is 3.26. The number of nitrogens with zero attached hydrogens (tertiary/aromatic N) is 2. The van der Waals surface area contributed by atoms with E-state index in [4.69, 9.17) is 0 Å². The second kappa shape index (κ2) is 6.66. The lowest BCUT2D eigenvalue weighted by Crippen LogP contribution is -2.17. The highest BCUT2D eigenvalue weighted by Crippen LogP contribution is 2.19. The Morgan fingerprint density at radius 3 is 2.67 bits per heavy atom. The number of aromatic nitrogens is 3. The lowest BCUT2D eigenvalue weighted by molar-refractivity contribution is 0.101. The molecule has 112 valence electrons. The smallest absolute Gasteiger partial charge is 0.293 e. The van der Waals surface area contributed by atoms with Gasteiger partial charge in [-0.2, -0.15) is 0 Å². The van der Waals surface area contributed by atoms with Gasteiger partial charge in [-0.3, -0.25) is 9.36 Å². The molecule has 0 amide bonds. The van der Waals surface area contributed by atoms with E-state index in [0.29, 0.717) is 11.7 Å². The van der Waals surface area contributed by atoms with E-state index in [-0.39, 0.29) is 11.4 Å². The summed E-state index contributed by atoms with van der Waals surface area (Å²) in [7, 11) is 0. The van der Waals surface area contributed by atoms with Crippen LogP contribution in [-0.4, -0.2) is 26.3 Å². The number of ketones is 1. The number of Topliss-reactive ketones (excluding diaryl/α,β-unsaturated/α-hetero) is 1. The van der Waals surface area contributed by atoms with E-state index in [1.807, 2.05) is 6.92 Å². The first kappa shape index (κ1) is 15.4. The fourth-order valence-electron chi connectivity index (χ4n) is 1.80. The Kier molecular flexibility index (Phi) is 4.89. The molecule has 0 aliphatic carbocycles. The maximum absolute atomic E-state index is 13.5. The molecule has 2 aromatic rings. The molecule has 8 heteroatoms. The lowest BCUT2D eigenvalue weighted by atomic mass is 10.1. The zero-order valence-corrected chi connectivity index (χ0v) is 12.0. The number of hydrogen-bond acceptors (Lipinski definition) is 4. The van der Waals surface area contributed by atoms with Crippen LogP contribution >= 0.6 is 11.8 Å². The number of H-pyrrole nitrogens is 1. The summed E-state index contributed by atoms with van der Waals surface area (Å²) in [5.74, 6) is -2.68. The van der Waals surface area contributed by atoms with Crippen molar-refractivity contribution in [2.75, 3.05) is 5.75 Å². The third-order valence-electron chi connectivity index (χ3n) is 2.74. The molecule has 0 atom stereocenters. The predicted molar refractivity (Wildman–Crippen MR) is 74.6 cm³/mol. The summed E-state index contributed by atoms with van der Waals surface area (Å²) in [6.45, 7) is 2.35.